The number of fused-ring (bicyclic) bond motifs is 1. The Balaban J connectivity index is 2.83. The molecule has 0 aliphatic heterocycles. The van der Waals surface area contributed by atoms with Gasteiger partial charge in [0.25, 0.3) is 5.56 Å². The van der Waals surface area contributed by atoms with Crippen molar-refractivity contribution in [2.24, 2.45) is 5.73 Å². The second-order valence-electron chi connectivity index (χ2n) is 3.27. The number of benzene rings is 1. The van der Waals surface area contributed by atoms with E-state index in [-0.39, 0.29) is 11.3 Å². The lowest BCUT2D eigenvalue weighted by Gasteiger charge is -2.02. The maximum Gasteiger partial charge on any atom is 0.257 e. The van der Waals surface area contributed by atoms with Crippen LogP contribution in [0.4, 0.5) is 0 Å². The van der Waals surface area contributed by atoms with E-state index in [1.807, 2.05) is 0 Å². The van der Waals surface area contributed by atoms with Gasteiger partial charge in [0.1, 0.15) is 0 Å². The van der Waals surface area contributed by atoms with Gasteiger partial charge in [0.05, 0.1) is 5.56 Å². The van der Waals surface area contributed by atoms with Crippen molar-refractivity contribution in [2.75, 3.05) is 0 Å². The van der Waals surface area contributed by atoms with Crippen LogP contribution in [0.3, 0.4) is 0 Å². The van der Waals surface area contributed by atoms with Gasteiger partial charge in [0.2, 0.25) is 0 Å². The first-order chi connectivity index (χ1) is 7.08. The minimum absolute atomic E-state index is 0.239. The molecular weight excluding hydrogens is 212 g/mol. The summed E-state index contributed by atoms with van der Waals surface area (Å²) < 4.78 is 0. The fourth-order valence-electron chi connectivity index (χ4n) is 1.42. The molecule has 0 amide bonds. The molecule has 0 spiro atoms. The predicted octanol–water partition coefficient (Wildman–Crippen LogP) is 2.11. The number of pyridine rings is 1. The van der Waals surface area contributed by atoms with Gasteiger partial charge in [-0.1, -0.05) is 18.2 Å². The van der Waals surface area contributed by atoms with E-state index < -0.39 is 0 Å². The highest BCUT2D eigenvalue weighted by molar-refractivity contribution is 6.31. The van der Waals surface area contributed by atoms with Gasteiger partial charge in [0, 0.05) is 21.6 Å². The number of nitrogens with one attached hydrogen (secondary N) is 1. The third kappa shape index (κ3) is 1.74. The highest BCUT2D eigenvalue weighted by atomic mass is 35.5. The third-order valence-electron chi connectivity index (χ3n) is 2.15. The average molecular weight is 221 g/mol. The lowest BCUT2D eigenvalue weighted by molar-refractivity contribution is 1.27. The Bertz CT molecular complexity index is 601. The smallest absolute Gasteiger partial charge is 0.257 e. The number of nitrogens with two attached hydrogens (primary N) is 1. The lowest BCUT2D eigenvalue weighted by Crippen LogP contribution is -2.14. The molecule has 2 aromatic rings. The second kappa shape index (κ2) is 3.44. The number of hydrogen-bond acceptors (Lipinski definition) is 2. The van der Waals surface area contributed by atoms with E-state index in [2.05, 4.69) is 11.6 Å². The summed E-state index contributed by atoms with van der Waals surface area (Å²) in [6.07, 6.45) is 0. The molecule has 0 bridgehead atoms. The van der Waals surface area contributed by atoms with Gasteiger partial charge in [-0.2, -0.15) is 0 Å². The van der Waals surface area contributed by atoms with Crippen LogP contribution in [-0.2, 0) is 0 Å². The van der Waals surface area contributed by atoms with Crippen molar-refractivity contribution >= 4 is 28.2 Å². The fraction of sp³-hybridized carbons (Fsp3) is 0. The molecular formula is C11H9ClN2O. The minimum atomic E-state index is -0.239. The van der Waals surface area contributed by atoms with Gasteiger partial charge in [-0.15, -0.1) is 0 Å². The summed E-state index contributed by atoms with van der Waals surface area (Å²) in [6, 6.07) is 6.92. The molecule has 0 aliphatic carbocycles. The molecule has 3 N–H and O–H groups in total. The molecule has 0 aliphatic rings. The number of aromatic amines is 1. The van der Waals surface area contributed by atoms with Gasteiger partial charge in [-0.3, -0.25) is 4.79 Å². The van der Waals surface area contributed by atoms with E-state index in [9.17, 15) is 4.79 Å². The molecule has 1 aromatic heterocycles. The molecule has 0 saturated carbocycles. The van der Waals surface area contributed by atoms with E-state index in [4.69, 9.17) is 17.3 Å². The molecule has 2 rings (SSSR count). The molecule has 0 fully saturated rings. The van der Waals surface area contributed by atoms with Gasteiger partial charge in [-0.05, 0) is 24.3 Å². The zero-order valence-corrected chi connectivity index (χ0v) is 8.64. The van der Waals surface area contributed by atoms with Crippen LogP contribution in [0.25, 0.3) is 16.6 Å². The highest BCUT2D eigenvalue weighted by Crippen LogP contribution is 2.18. The highest BCUT2D eigenvalue weighted by Gasteiger charge is 2.03. The van der Waals surface area contributed by atoms with Crippen LogP contribution in [0.2, 0.25) is 5.02 Å². The summed E-state index contributed by atoms with van der Waals surface area (Å²) in [4.78, 5) is 14.2. The van der Waals surface area contributed by atoms with Crippen LogP contribution < -0.4 is 11.3 Å². The normalized spacial score (nSPS) is 10.5. The monoisotopic (exact) mass is 220 g/mol. The average Bonchev–Trinajstić information content (AvgIpc) is 2.17. The van der Waals surface area contributed by atoms with E-state index in [1.165, 1.54) is 0 Å². The van der Waals surface area contributed by atoms with Crippen LogP contribution in [0.15, 0.2) is 35.6 Å². The minimum Gasteiger partial charge on any atom is -0.399 e. The molecule has 15 heavy (non-hydrogen) atoms. The Morgan fingerprint density at radius 3 is 2.80 bits per heavy atom. The van der Waals surface area contributed by atoms with Crippen molar-refractivity contribution in [3.8, 4) is 0 Å². The molecule has 1 heterocycles. The van der Waals surface area contributed by atoms with Gasteiger partial charge < -0.3 is 10.7 Å². The van der Waals surface area contributed by atoms with Crippen molar-refractivity contribution in [3.05, 3.63) is 51.8 Å². The molecule has 0 atom stereocenters. The summed E-state index contributed by atoms with van der Waals surface area (Å²) in [5.41, 5.74) is 6.62. The molecule has 0 unspecified atom stereocenters. The molecule has 76 valence electrons. The molecule has 1 aromatic carbocycles. The Kier molecular flexibility index (Phi) is 2.25. The van der Waals surface area contributed by atoms with Gasteiger partial charge in [0.15, 0.2) is 0 Å². The first kappa shape index (κ1) is 9.80. The number of halogens is 1. The van der Waals surface area contributed by atoms with Crippen LogP contribution >= 0.6 is 11.6 Å². The predicted molar refractivity (Wildman–Crippen MR) is 62.8 cm³/mol. The van der Waals surface area contributed by atoms with Crippen molar-refractivity contribution < 1.29 is 0 Å². The van der Waals surface area contributed by atoms with Crippen molar-refractivity contribution in [1.29, 1.82) is 0 Å². The van der Waals surface area contributed by atoms with Crippen LogP contribution in [0, 0.1) is 0 Å². The van der Waals surface area contributed by atoms with Crippen molar-refractivity contribution in [3.63, 3.8) is 0 Å². The molecule has 0 saturated heterocycles. The van der Waals surface area contributed by atoms with Crippen LogP contribution in [0.5, 0.6) is 0 Å². The standard InChI is InChI=1S/C11H9ClN2O/c1-6(13)9-5-7-4-8(12)2-3-10(7)14-11(9)15/h2-5H,1,13H2,(H,14,15). The van der Waals surface area contributed by atoms with Crippen molar-refractivity contribution in [2.45, 2.75) is 0 Å². The zero-order chi connectivity index (χ0) is 11.0. The first-order valence-electron chi connectivity index (χ1n) is 4.35. The van der Waals surface area contributed by atoms with E-state index in [0.29, 0.717) is 10.6 Å². The fourth-order valence-corrected chi connectivity index (χ4v) is 1.60. The van der Waals surface area contributed by atoms with Gasteiger partial charge in [-0.25, -0.2) is 0 Å². The Labute approximate surface area is 91.2 Å². The Hall–Kier alpha value is -1.74. The largest absolute Gasteiger partial charge is 0.399 e. The summed E-state index contributed by atoms with van der Waals surface area (Å²) in [6.45, 7) is 3.54. The topological polar surface area (TPSA) is 58.9 Å². The summed E-state index contributed by atoms with van der Waals surface area (Å²) in [7, 11) is 0. The number of aromatic nitrogens is 1. The molecule has 4 heteroatoms. The Morgan fingerprint density at radius 1 is 1.40 bits per heavy atom. The van der Waals surface area contributed by atoms with E-state index >= 15 is 0 Å². The summed E-state index contributed by atoms with van der Waals surface area (Å²) in [5.74, 6) is 0. The maximum atomic E-state index is 11.5. The van der Waals surface area contributed by atoms with Crippen LogP contribution in [0.1, 0.15) is 5.56 Å². The first-order valence-corrected chi connectivity index (χ1v) is 4.73. The maximum absolute atomic E-state index is 11.5. The second-order valence-corrected chi connectivity index (χ2v) is 3.71. The third-order valence-corrected chi connectivity index (χ3v) is 2.39. The zero-order valence-electron chi connectivity index (χ0n) is 7.88. The van der Waals surface area contributed by atoms with E-state index in [1.54, 1.807) is 24.3 Å². The summed E-state index contributed by atoms with van der Waals surface area (Å²) in [5, 5.41) is 1.45. The van der Waals surface area contributed by atoms with Gasteiger partial charge >= 0.3 is 0 Å². The molecule has 3 nitrogen and oxygen atoms in total. The van der Waals surface area contributed by atoms with E-state index in [0.717, 1.165) is 10.9 Å². The van der Waals surface area contributed by atoms with Crippen molar-refractivity contribution in [1.82, 2.24) is 4.98 Å². The number of rotatable bonds is 1. The quantitative estimate of drug-likeness (QED) is 0.773. The van der Waals surface area contributed by atoms with Crippen LogP contribution in [-0.4, -0.2) is 4.98 Å². The number of hydrogen-bond donors (Lipinski definition) is 2. The summed E-state index contributed by atoms with van der Waals surface area (Å²) >= 11 is 5.84. The Morgan fingerprint density at radius 2 is 2.13 bits per heavy atom. The SMILES string of the molecule is C=C(N)c1cc2cc(Cl)ccc2[nH]c1=O. The number of H-pyrrole nitrogens is 1. The molecule has 0 radical (unpaired) electrons. The lowest BCUT2D eigenvalue weighted by atomic mass is 10.1.